The summed E-state index contributed by atoms with van der Waals surface area (Å²) < 4.78 is 13.9. The maximum Gasteiger partial charge on any atom is 0.262 e. The first-order valence-electron chi connectivity index (χ1n) is 7.65. The fourth-order valence-electron chi connectivity index (χ4n) is 2.29. The number of thiazole rings is 1. The zero-order valence-electron chi connectivity index (χ0n) is 13.6. The number of anilines is 1. The van der Waals surface area contributed by atoms with E-state index in [0.29, 0.717) is 20.2 Å². The second-order valence-corrected chi connectivity index (χ2v) is 7.77. The van der Waals surface area contributed by atoms with Gasteiger partial charge in [0.2, 0.25) is 5.91 Å². The van der Waals surface area contributed by atoms with Crippen LogP contribution in [0.25, 0.3) is 10.2 Å². The van der Waals surface area contributed by atoms with E-state index in [1.807, 2.05) is 13.8 Å². The molecule has 5 nitrogen and oxygen atoms in total. The molecule has 0 aliphatic rings. The van der Waals surface area contributed by atoms with Gasteiger partial charge < -0.3 is 10.6 Å². The number of hydrogen-bond donors (Lipinski definition) is 2. The Labute approximate surface area is 151 Å². The van der Waals surface area contributed by atoms with Crippen molar-refractivity contribution in [3.05, 3.63) is 46.4 Å². The van der Waals surface area contributed by atoms with Crippen LogP contribution in [0.5, 0.6) is 0 Å². The van der Waals surface area contributed by atoms with Crippen LogP contribution < -0.4 is 10.6 Å². The summed E-state index contributed by atoms with van der Waals surface area (Å²) in [5.41, 5.74) is 0.616. The van der Waals surface area contributed by atoms with Gasteiger partial charge in [-0.2, -0.15) is 0 Å². The average Bonchev–Trinajstić information content (AvgIpc) is 3.20. The molecule has 0 saturated carbocycles. The molecule has 0 spiro atoms. The van der Waals surface area contributed by atoms with Crippen LogP contribution in [0.3, 0.4) is 0 Å². The molecule has 0 fully saturated rings. The predicted octanol–water partition coefficient (Wildman–Crippen LogP) is 3.89. The number of rotatable bonds is 5. The van der Waals surface area contributed by atoms with Gasteiger partial charge in [0.1, 0.15) is 11.9 Å². The van der Waals surface area contributed by atoms with Gasteiger partial charge in [-0.25, -0.2) is 9.37 Å². The van der Waals surface area contributed by atoms with Crippen LogP contribution >= 0.6 is 22.7 Å². The SMILES string of the molecule is CC(C)[C@H](NC(=O)c1cccs1)C(=O)Nc1nc2ccc(F)cc2s1. The maximum atomic E-state index is 13.3. The predicted molar refractivity (Wildman–Crippen MR) is 98.6 cm³/mol. The molecule has 3 aromatic rings. The molecule has 2 heterocycles. The van der Waals surface area contributed by atoms with E-state index < -0.39 is 6.04 Å². The number of benzene rings is 1. The number of carbonyl (C=O) groups excluding carboxylic acids is 2. The minimum Gasteiger partial charge on any atom is -0.339 e. The van der Waals surface area contributed by atoms with Crippen molar-refractivity contribution in [1.29, 1.82) is 0 Å². The molecule has 2 amide bonds. The number of thiophene rings is 1. The lowest BCUT2D eigenvalue weighted by Gasteiger charge is -2.20. The lowest BCUT2D eigenvalue weighted by molar-refractivity contribution is -0.118. The normalized spacial score (nSPS) is 12.3. The van der Waals surface area contributed by atoms with Crippen molar-refractivity contribution in [2.45, 2.75) is 19.9 Å². The van der Waals surface area contributed by atoms with Crippen LogP contribution in [0.2, 0.25) is 0 Å². The maximum absolute atomic E-state index is 13.3. The highest BCUT2D eigenvalue weighted by molar-refractivity contribution is 7.22. The highest BCUT2D eigenvalue weighted by Crippen LogP contribution is 2.26. The van der Waals surface area contributed by atoms with Crippen molar-refractivity contribution in [1.82, 2.24) is 10.3 Å². The molecular formula is C17H16FN3O2S2. The molecule has 1 aromatic carbocycles. The van der Waals surface area contributed by atoms with E-state index in [-0.39, 0.29) is 23.5 Å². The fourth-order valence-corrected chi connectivity index (χ4v) is 3.81. The van der Waals surface area contributed by atoms with E-state index >= 15 is 0 Å². The molecule has 1 atom stereocenters. The molecule has 0 radical (unpaired) electrons. The Morgan fingerprint density at radius 1 is 1.24 bits per heavy atom. The van der Waals surface area contributed by atoms with Gasteiger partial charge in [0.05, 0.1) is 15.1 Å². The van der Waals surface area contributed by atoms with Crippen molar-refractivity contribution in [3.8, 4) is 0 Å². The first kappa shape index (κ1) is 17.5. The smallest absolute Gasteiger partial charge is 0.262 e. The van der Waals surface area contributed by atoms with Gasteiger partial charge >= 0.3 is 0 Å². The van der Waals surface area contributed by atoms with Crippen LogP contribution in [-0.2, 0) is 4.79 Å². The zero-order chi connectivity index (χ0) is 18.0. The van der Waals surface area contributed by atoms with Crippen molar-refractivity contribution >= 4 is 49.8 Å². The Bertz CT molecular complexity index is 906. The number of hydrogen-bond acceptors (Lipinski definition) is 5. The van der Waals surface area contributed by atoms with Gasteiger partial charge in [-0.1, -0.05) is 31.3 Å². The van der Waals surface area contributed by atoms with E-state index in [0.717, 1.165) is 0 Å². The molecule has 25 heavy (non-hydrogen) atoms. The topological polar surface area (TPSA) is 71.1 Å². The lowest BCUT2D eigenvalue weighted by atomic mass is 10.0. The largest absolute Gasteiger partial charge is 0.339 e. The minimum absolute atomic E-state index is 0.101. The van der Waals surface area contributed by atoms with Gasteiger partial charge in [0.15, 0.2) is 5.13 Å². The van der Waals surface area contributed by atoms with Crippen molar-refractivity contribution in [3.63, 3.8) is 0 Å². The number of fused-ring (bicyclic) bond motifs is 1. The van der Waals surface area contributed by atoms with E-state index in [1.54, 1.807) is 23.6 Å². The second-order valence-electron chi connectivity index (χ2n) is 5.79. The summed E-state index contributed by atoms with van der Waals surface area (Å²) in [6, 6.07) is 7.06. The third-order valence-corrected chi connectivity index (χ3v) is 5.36. The molecular weight excluding hydrogens is 361 g/mol. The zero-order valence-corrected chi connectivity index (χ0v) is 15.2. The third-order valence-electron chi connectivity index (χ3n) is 3.56. The molecule has 0 saturated heterocycles. The van der Waals surface area contributed by atoms with E-state index in [2.05, 4.69) is 15.6 Å². The van der Waals surface area contributed by atoms with Crippen molar-refractivity contribution in [2.75, 3.05) is 5.32 Å². The molecule has 2 N–H and O–H groups in total. The van der Waals surface area contributed by atoms with E-state index in [9.17, 15) is 14.0 Å². The van der Waals surface area contributed by atoms with Crippen LogP contribution in [0.15, 0.2) is 35.7 Å². The number of aromatic nitrogens is 1. The number of halogens is 1. The van der Waals surface area contributed by atoms with Gasteiger partial charge in [0, 0.05) is 0 Å². The Kier molecular flexibility index (Phi) is 5.10. The first-order valence-corrected chi connectivity index (χ1v) is 9.35. The summed E-state index contributed by atoms with van der Waals surface area (Å²) in [5, 5.41) is 7.66. The monoisotopic (exact) mass is 377 g/mol. The molecule has 8 heteroatoms. The molecule has 0 unspecified atom stereocenters. The molecule has 0 bridgehead atoms. The molecule has 2 aromatic heterocycles. The highest BCUT2D eigenvalue weighted by atomic mass is 32.1. The first-order chi connectivity index (χ1) is 11.9. The molecule has 0 aliphatic carbocycles. The quantitative estimate of drug-likeness (QED) is 0.709. The van der Waals surface area contributed by atoms with E-state index in [4.69, 9.17) is 0 Å². The summed E-state index contributed by atoms with van der Waals surface area (Å²) in [4.78, 5) is 29.6. The summed E-state index contributed by atoms with van der Waals surface area (Å²) in [6.07, 6.45) is 0. The van der Waals surface area contributed by atoms with Gasteiger partial charge in [0.25, 0.3) is 5.91 Å². The van der Waals surface area contributed by atoms with Gasteiger partial charge in [-0.05, 0) is 35.6 Å². The Hall–Kier alpha value is -2.32. The molecule has 0 aliphatic heterocycles. The van der Waals surface area contributed by atoms with Crippen LogP contribution in [0, 0.1) is 11.7 Å². The van der Waals surface area contributed by atoms with Crippen molar-refractivity contribution < 1.29 is 14.0 Å². The summed E-state index contributed by atoms with van der Waals surface area (Å²) in [6.45, 7) is 3.71. The Balaban J connectivity index is 1.74. The second kappa shape index (κ2) is 7.28. The standard InChI is InChI=1S/C17H16FN3O2S2/c1-9(2)14(20-15(22)12-4-3-7-24-12)16(23)21-17-19-11-6-5-10(18)8-13(11)25-17/h3-9,14H,1-2H3,(H,20,22)(H,19,21,23)/t14-/m0/s1. The molecule has 3 rings (SSSR count). The van der Waals surface area contributed by atoms with Crippen LogP contribution in [0.1, 0.15) is 23.5 Å². The number of carbonyl (C=O) groups is 2. The van der Waals surface area contributed by atoms with Gasteiger partial charge in [-0.3, -0.25) is 9.59 Å². The molecule has 130 valence electrons. The van der Waals surface area contributed by atoms with Gasteiger partial charge in [-0.15, -0.1) is 11.3 Å². The Morgan fingerprint density at radius 2 is 2.04 bits per heavy atom. The highest BCUT2D eigenvalue weighted by Gasteiger charge is 2.26. The third kappa shape index (κ3) is 4.02. The summed E-state index contributed by atoms with van der Waals surface area (Å²) in [7, 11) is 0. The summed E-state index contributed by atoms with van der Waals surface area (Å²) in [5.74, 6) is -1.08. The number of nitrogens with zero attached hydrogens (tertiary/aromatic N) is 1. The van der Waals surface area contributed by atoms with Crippen LogP contribution in [0.4, 0.5) is 9.52 Å². The summed E-state index contributed by atoms with van der Waals surface area (Å²) >= 11 is 2.51. The van der Waals surface area contributed by atoms with E-state index in [1.165, 1.54) is 34.8 Å². The Morgan fingerprint density at radius 3 is 2.72 bits per heavy atom. The fraction of sp³-hybridized carbons (Fsp3) is 0.235. The van der Waals surface area contributed by atoms with Crippen molar-refractivity contribution in [2.24, 2.45) is 5.92 Å². The average molecular weight is 377 g/mol. The minimum atomic E-state index is -0.696. The number of amides is 2. The van der Waals surface area contributed by atoms with Crippen LogP contribution in [-0.4, -0.2) is 22.8 Å². The number of nitrogens with one attached hydrogen (secondary N) is 2. The lowest BCUT2D eigenvalue weighted by Crippen LogP contribution is -2.46.